The molecule has 0 bridgehead atoms. The zero-order valence-corrected chi connectivity index (χ0v) is 18.0. The second-order valence-corrected chi connectivity index (χ2v) is 7.56. The Morgan fingerprint density at radius 3 is 2.66 bits per heavy atom. The number of nitrogens with one attached hydrogen (secondary N) is 2. The van der Waals surface area contributed by atoms with E-state index >= 15 is 0 Å². The molecule has 0 spiro atoms. The molecule has 1 fully saturated rings. The molecule has 7 nitrogen and oxygen atoms in total. The second kappa shape index (κ2) is 11.0. The largest absolute Gasteiger partial charge is 0.357 e. The van der Waals surface area contributed by atoms with Gasteiger partial charge in [0.25, 0.3) is 0 Å². The van der Waals surface area contributed by atoms with E-state index in [1.54, 1.807) is 0 Å². The van der Waals surface area contributed by atoms with Gasteiger partial charge in [-0.2, -0.15) is 0 Å². The van der Waals surface area contributed by atoms with Gasteiger partial charge < -0.3 is 20.4 Å². The van der Waals surface area contributed by atoms with Crippen LogP contribution in [0.3, 0.4) is 0 Å². The van der Waals surface area contributed by atoms with Gasteiger partial charge in [0, 0.05) is 51.7 Å². The lowest BCUT2D eigenvalue weighted by molar-refractivity contribution is 0.312. The van der Waals surface area contributed by atoms with Crippen LogP contribution in [0.15, 0.2) is 41.7 Å². The molecule has 8 heteroatoms. The first-order valence-corrected chi connectivity index (χ1v) is 10.5. The van der Waals surface area contributed by atoms with Crippen LogP contribution in [0, 0.1) is 0 Å². The lowest BCUT2D eigenvalue weighted by Gasteiger charge is -2.33. The zero-order valence-electron chi connectivity index (χ0n) is 17.2. The third-order valence-electron chi connectivity index (χ3n) is 4.90. The summed E-state index contributed by atoms with van der Waals surface area (Å²) in [4.78, 5) is 18.1. The van der Waals surface area contributed by atoms with E-state index < -0.39 is 0 Å². The summed E-state index contributed by atoms with van der Waals surface area (Å²) < 4.78 is 0. The number of rotatable bonds is 7. The maximum atomic E-state index is 5.84. The Bertz CT molecular complexity index is 786. The number of hydrogen-bond acceptors (Lipinski definition) is 5. The summed E-state index contributed by atoms with van der Waals surface area (Å²) in [5.74, 6) is 1.85. The minimum atomic E-state index is 0.518. The highest BCUT2D eigenvalue weighted by molar-refractivity contribution is 6.29. The predicted octanol–water partition coefficient (Wildman–Crippen LogP) is 2.18. The van der Waals surface area contributed by atoms with Crippen LogP contribution in [0.25, 0.3) is 0 Å². The van der Waals surface area contributed by atoms with E-state index in [-0.39, 0.29) is 0 Å². The number of pyridine rings is 2. The number of aliphatic imine (C=N–C) groups is 1. The number of nitrogens with zero attached hydrogens (tertiary/aromatic N) is 5. The van der Waals surface area contributed by atoms with Crippen LogP contribution in [-0.2, 0) is 13.0 Å². The fraction of sp³-hybridized carbons (Fsp3) is 0.476. The van der Waals surface area contributed by atoms with Gasteiger partial charge in [-0.3, -0.25) is 0 Å². The van der Waals surface area contributed by atoms with Crippen LogP contribution < -0.4 is 15.5 Å². The Morgan fingerprint density at radius 2 is 1.93 bits per heavy atom. The molecule has 0 atom stereocenters. The summed E-state index contributed by atoms with van der Waals surface area (Å²) in [5, 5.41) is 7.20. The number of piperazine rings is 1. The molecule has 3 rings (SSSR count). The van der Waals surface area contributed by atoms with E-state index in [4.69, 9.17) is 16.6 Å². The number of guanidine groups is 1. The Labute approximate surface area is 178 Å². The molecule has 0 unspecified atom stereocenters. The van der Waals surface area contributed by atoms with Crippen molar-refractivity contribution in [1.82, 2.24) is 25.5 Å². The van der Waals surface area contributed by atoms with Crippen molar-refractivity contribution in [3.05, 3.63) is 52.9 Å². The van der Waals surface area contributed by atoms with Crippen LogP contribution >= 0.6 is 11.6 Å². The van der Waals surface area contributed by atoms with Crippen molar-refractivity contribution in [2.75, 3.05) is 51.2 Å². The molecule has 1 saturated heterocycles. The lowest BCUT2D eigenvalue weighted by Crippen LogP contribution is -2.44. The third-order valence-corrected chi connectivity index (χ3v) is 5.12. The van der Waals surface area contributed by atoms with E-state index in [2.05, 4.69) is 50.4 Å². The van der Waals surface area contributed by atoms with Crippen molar-refractivity contribution < 1.29 is 0 Å². The first-order valence-electron chi connectivity index (χ1n) is 10.1. The molecule has 0 saturated carbocycles. The second-order valence-electron chi connectivity index (χ2n) is 7.17. The highest BCUT2D eigenvalue weighted by Crippen LogP contribution is 2.15. The Balaban J connectivity index is 1.55. The van der Waals surface area contributed by atoms with Crippen LogP contribution in [-0.4, -0.2) is 67.1 Å². The summed E-state index contributed by atoms with van der Waals surface area (Å²) in [6, 6.07) is 8.00. The first-order chi connectivity index (χ1) is 14.1. The fourth-order valence-electron chi connectivity index (χ4n) is 3.16. The third kappa shape index (κ3) is 6.87. The van der Waals surface area contributed by atoms with Crippen molar-refractivity contribution in [2.24, 2.45) is 4.99 Å². The van der Waals surface area contributed by atoms with Gasteiger partial charge in [-0.15, -0.1) is 0 Å². The molecule has 2 aromatic heterocycles. The zero-order chi connectivity index (χ0) is 20.5. The quantitative estimate of drug-likeness (QED) is 0.410. The number of likely N-dealkylation sites (N-methyl/N-ethyl adjacent to an activating group) is 1. The molecule has 1 aliphatic rings. The molecule has 2 aromatic rings. The molecule has 0 aliphatic carbocycles. The van der Waals surface area contributed by atoms with Gasteiger partial charge in [0.15, 0.2) is 5.96 Å². The summed E-state index contributed by atoms with van der Waals surface area (Å²) in [6.45, 7) is 8.44. The molecular formula is C21H30ClN7. The molecule has 29 heavy (non-hydrogen) atoms. The van der Waals surface area contributed by atoms with Crippen LogP contribution in [0.5, 0.6) is 0 Å². The van der Waals surface area contributed by atoms with Crippen molar-refractivity contribution in [3.63, 3.8) is 0 Å². The van der Waals surface area contributed by atoms with E-state index in [1.165, 1.54) is 0 Å². The fourth-order valence-corrected chi connectivity index (χ4v) is 3.27. The Kier molecular flexibility index (Phi) is 8.07. The van der Waals surface area contributed by atoms with Crippen LogP contribution in [0.2, 0.25) is 5.15 Å². The lowest BCUT2D eigenvalue weighted by atomic mass is 10.2. The maximum absolute atomic E-state index is 5.84. The van der Waals surface area contributed by atoms with Gasteiger partial charge in [-0.25, -0.2) is 15.0 Å². The molecule has 0 radical (unpaired) electrons. The Morgan fingerprint density at radius 1 is 1.10 bits per heavy atom. The van der Waals surface area contributed by atoms with Gasteiger partial charge in [-0.05, 0) is 49.7 Å². The minimum absolute atomic E-state index is 0.518. The van der Waals surface area contributed by atoms with E-state index in [1.807, 2.05) is 30.6 Å². The molecule has 3 heterocycles. The summed E-state index contributed by atoms with van der Waals surface area (Å²) >= 11 is 5.84. The Hall–Kier alpha value is -2.38. The molecule has 0 amide bonds. The summed E-state index contributed by atoms with van der Waals surface area (Å²) in [6.07, 6.45) is 4.55. The van der Waals surface area contributed by atoms with Gasteiger partial charge >= 0.3 is 0 Å². The SMILES string of the molecule is CCNC(=NCc1ccnc(N2CCN(C)CC2)c1)NCCc1ccc(Cl)nc1. The highest BCUT2D eigenvalue weighted by atomic mass is 35.5. The normalized spacial score (nSPS) is 15.4. The molecule has 156 valence electrons. The molecule has 2 N–H and O–H groups in total. The monoisotopic (exact) mass is 415 g/mol. The van der Waals surface area contributed by atoms with Crippen molar-refractivity contribution in [3.8, 4) is 0 Å². The average Bonchev–Trinajstić information content (AvgIpc) is 2.74. The van der Waals surface area contributed by atoms with Crippen LogP contribution in [0.4, 0.5) is 5.82 Å². The van der Waals surface area contributed by atoms with Gasteiger partial charge in [0.2, 0.25) is 0 Å². The molecular weight excluding hydrogens is 386 g/mol. The van der Waals surface area contributed by atoms with E-state index in [9.17, 15) is 0 Å². The van der Waals surface area contributed by atoms with Crippen LogP contribution in [0.1, 0.15) is 18.1 Å². The summed E-state index contributed by atoms with van der Waals surface area (Å²) in [7, 11) is 2.16. The maximum Gasteiger partial charge on any atom is 0.191 e. The average molecular weight is 416 g/mol. The number of anilines is 1. The molecule has 0 aromatic carbocycles. The number of halogens is 1. The topological polar surface area (TPSA) is 68.7 Å². The van der Waals surface area contributed by atoms with Gasteiger partial charge in [0.05, 0.1) is 6.54 Å². The van der Waals surface area contributed by atoms with Crippen molar-refractivity contribution >= 4 is 23.4 Å². The first kappa shape index (κ1) is 21.3. The highest BCUT2D eigenvalue weighted by Gasteiger charge is 2.15. The van der Waals surface area contributed by atoms with Gasteiger partial charge in [-0.1, -0.05) is 17.7 Å². The minimum Gasteiger partial charge on any atom is -0.357 e. The van der Waals surface area contributed by atoms with Gasteiger partial charge in [0.1, 0.15) is 11.0 Å². The smallest absolute Gasteiger partial charge is 0.191 e. The van der Waals surface area contributed by atoms with E-state index in [0.717, 1.165) is 68.6 Å². The predicted molar refractivity (Wildman–Crippen MR) is 120 cm³/mol. The summed E-state index contributed by atoms with van der Waals surface area (Å²) in [5.41, 5.74) is 2.30. The number of hydrogen-bond donors (Lipinski definition) is 2. The van der Waals surface area contributed by atoms with Crippen molar-refractivity contribution in [1.29, 1.82) is 0 Å². The van der Waals surface area contributed by atoms with Crippen molar-refractivity contribution in [2.45, 2.75) is 19.9 Å². The standard InChI is InChI=1S/C21H30ClN7/c1-3-23-21(25-9-6-17-4-5-19(22)26-15-17)27-16-18-7-8-24-20(14-18)29-12-10-28(2)11-13-29/h4-5,7-8,14-15H,3,6,9-13,16H2,1-2H3,(H2,23,25,27). The van der Waals surface area contributed by atoms with E-state index in [0.29, 0.717) is 11.7 Å². The molecule has 1 aliphatic heterocycles. The number of aromatic nitrogens is 2.